The summed E-state index contributed by atoms with van der Waals surface area (Å²) in [6, 6.07) is 10.5. The van der Waals surface area contributed by atoms with E-state index in [9.17, 15) is 4.79 Å². The van der Waals surface area contributed by atoms with E-state index in [2.05, 4.69) is 34.5 Å². The molecule has 0 radical (unpaired) electrons. The van der Waals surface area contributed by atoms with Gasteiger partial charge in [-0.1, -0.05) is 30.3 Å². The molecule has 7 heteroatoms. The average Bonchev–Trinajstić information content (AvgIpc) is 3.07. The van der Waals surface area contributed by atoms with E-state index in [0.717, 1.165) is 45.6 Å². The fraction of sp³-hybridized carbons (Fsp3) is 0.632. The number of nitrogens with one attached hydrogen (secondary N) is 1. The van der Waals surface area contributed by atoms with E-state index >= 15 is 0 Å². The Bertz CT molecular complexity index is 527. The highest BCUT2D eigenvalue weighted by Gasteiger charge is 2.29. The summed E-state index contributed by atoms with van der Waals surface area (Å²) >= 11 is 0. The minimum Gasteiger partial charge on any atom is -0.381 e. The third-order valence-corrected chi connectivity index (χ3v) is 5.32. The van der Waals surface area contributed by atoms with Gasteiger partial charge in [-0.05, 0) is 43.7 Å². The van der Waals surface area contributed by atoms with Gasteiger partial charge >= 0.3 is 0 Å². The third kappa shape index (κ3) is 6.39. The maximum atomic E-state index is 12.4. The molecule has 2 atom stereocenters. The Morgan fingerprint density at radius 3 is 2.58 bits per heavy atom. The third-order valence-electron chi connectivity index (χ3n) is 5.32. The second-order valence-corrected chi connectivity index (χ2v) is 6.97. The first-order valence-corrected chi connectivity index (χ1v) is 9.13. The van der Waals surface area contributed by atoms with Crippen LogP contribution in [0.15, 0.2) is 30.3 Å². The topological polar surface area (TPSA) is 67.6 Å². The molecule has 26 heavy (non-hydrogen) atoms. The number of hydrogen-bond acceptors (Lipinski definition) is 4. The number of halogens is 2. The first-order chi connectivity index (χ1) is 11.7. The molecule has 2 aliphatic heterocycles. The number of amides is 1. The molecular formula is C19H31Cl2N3O2. The lowest BCUT2D eigenvalue weighted by Gasteiger charge is -2.28. The van der Waals surface area contributed by atoms with Gasteiger partial charge in [0.2, 0.25) is 5.91 Å². The van der Waals surface area contributed by atoms with Gasteiger partial charge in [0.15, 0.2) is 0 Å². The van der Waals surface area contributed by atoms with Crippen LogP contribution in [0.1, 0.15) is 31.2 Å². The van der Waals surface area contributed by atoms with Gasteiger partial charge in [-0.15, -0.1) is 24.8 Å². The minimum absolute atomic E-state index is 0. The Kier molecular flexibility index (Phi) is 10.5. The lowest BCUT2D eigenvalue weighted by Crippen LogP contribution is -2.50. The fourth-order valence-corrected chi connectivity index (χ4v) is 3.78. The average molecular weight is 404 g/mol. The molecule has 2 aliphatic rings. The second-order valence-electron chi connectivity index (χ2n) is 6.97. The van der Waals surface area contributed by atoms with Crippen LogP contribution < -0.4 is 11.1 Å². The zero-order valence-electron chi connectivity index (χ0n) is 15.1. The van der Waals surface area contributed by atoms with E-state index < -0.39 is 6.04 Å². The maximum Gasteiger partial charge on any atom is 0.237 e. The van der Waals surface area contributed by atoms with Crippen molar-refractivity contribution in [1.82, 2.24) is 10.2 Å². The molecule has 1 aromatic rings. The Hall–Kier alpha value is -0.850. The summed E-state index contributed by atoms with van der Waals surface area (Å²) in [4.78, 5) is 14.8. The molecule has 0 saturated carbocycles. The van der Waals surface area contributed by atoms with Gasteiger partial charge in [0, 0.05) is 32.3 Å². The van der Waals surface area contributed by atoms with E-state index in [1.165, 1.54) is 12.0 Å². The van der Waals surface area contributed by atoms with Crippen molar-refractivity contribution in [1.29, 1.82) is 0 Å². The molecule has 1 amide bonds. The van der Waals surface area contributed by atoms with Crippen molar-refractivity contribution in [2.24, 2.45) is 11.7 Å². The highest BCUT2D eigenvalue weighted by atomic mass is 35.5. The number of hydrogen-bond donors (Lipinski definition) is 2. The summed E-state index contributed by atoms with van der Waals surface area (Å²) in [6.07, 6.45) is 4.11. The normalized spacial score (nSPS) is 22.1. The number of benzene rings is 1. The van der Waals surface area contributed by atoms with E-state index in [0.29, 0.717) is 12.6 Å². The summed E-state index contributed by atoms with van der Waals surface area (Å²) in [5, 5.41) is 3.09. The van der Waals surface area contributed by atoms with Crippen LogP contribution in [-0.4, -0.2) is 49.2 Å². The number of nitrogens with two attached hydrogens (primary N) is 1. The molecule has 0 spiro atoms. The van der Waals surface area contributed by atoms with Crippen LogP contribution in [-0.2, 0) is 16.1 Å². The Morgan fingerprint density at radius 2 is 1.88 bits per heavy atom. The molecule has 1 aromatic carbocycles. The van der Waals surface area contributed by atoms with Crippen LogP contribution in [0.4, 0.5) is 0 Å². The number of rotatable bonds is 6. The van der Waals surface area contributed by atoms with Gasteiger partial charge in [-0.25, -0.2) is 0 Å². The number of nitrogens with zero attached hydrogens (tertiary/aromatic N) is 1. The van der Waals surface area contributed by atoms with Crippen molar-refractivity contribution in [3.8, 4) is 0 Å². The summed E-state index contributed by atoms with van der Waals surface area (Å²) in [7, 11) is 0. The van der Waals surface area contributed by atoms with Crippen molar-refractivity contribution in [2.45, 2.75) is 44.3 Å². The predicted molar refractivity (Wildman–Crippen MR) is 109 cm³/mol. The molecule has 0 aromatic heterocycles. The molecule has 5 nitrogen and oxygen atoms in total. The minimum atomic E-state index is -0.405. The number of likely N-dealkylation sites (tertiary alicyclic amines) is 1. The molecule has 2 saturated heterocycles. The second kappa shape index (κ2) is 11.8. The van der Waals surface area contributed by atoms with E-state index in [-0.39, 0.29) is 36.6 Å². The highest BCUT2D eigenvalue weighted by molar-refractivity contribution is 5.85. The Morgan fingerprint density at radius 1 is 1.19 bits per heavy atom. The van der Waals surface area contributed by atoms with Gasteiger partial charge in [0.1, 0.15) is 0 Å². The van der Waals surface area contributed by atoms with Crippen LogP contribution in [0.25, 0.3) is 0 Å². The molecule has 0 aliphatic carbocycles. The van der Waals surface area contributed by atoms with Crippen LogP contribution in [0, 0.1) is 5.92 Å². The lowest BCUT2D eigenvalue weighted by molar-refractivity contribution is -0.124. The monoisotopic (exact) mass is 403 g/mol. The first kappa shape index (κ1) is 23.2. The molecule has 3 rings (SSSR count). The number of ether oxygens (including phenoxy) is 1. The molecular weight excluding hydrogens is 373 g/mol. The van der Waals surface area contributed by atoms with E-state index in [1.807, 2.05) is 6.07 Å². The Balaban J connectivity index is 0.00000169. The quantitative estimate of drug-likeness (QED) is 0.764. The standard InChI is InChI=1S/C19H29N3O2.2ClH/c20-18(16-8-11-24-12-9-16)19(23)21-13-17-7-4-10-22(17)14-15-5-2-1-3-6-15;;/h1-3,5-6,16-18H,4,7-14,20H2,(H,21,23);2*1H. The first-order valence-electron chi connectivity index (χ1n) is 9.13. The van der Waals surface area contributed by atoms with E-state index in [4.69, 9.17) is 10.5 Å². The largest absolute Gasteiger partial charge is 0.381 e. The number of carbonyl (C=O) groups excluding carboxylic acids is 1. The van der Waals surface area contributed by atoms with Crippen LogP contribution >= 0.6 is 24.8 Å². The molecule has 2 fully saturated rings. The van der Waals surface area contributed by atoms with Crippen LogP contribution in [0.3, 0.4) is 0 Å². The fourth-order valence-electron chi connectivity index (χ4n) is 3.78. The zero-order chi connectivity index (χ0) is 16.8. The van der Waals surface area contributed by atoms with Crippen LogP contribution in [0.5, 0.6) is 0 Å². The molecule has 3 N–H and O–H groups in total. The van der Waals surface area contributed by atoms with Crippen molar-refractivity contribution < 1.29 is 9.53 Å². The highest BCUT2D eigenvalue weighted by Crippen LogP contribution is 2.20. The SMILES string of the molecule is Cl.Cl.NC(C(=O)NCC1CCCN1Cc1ccccc1)C1CCOCC1. The number of carbonyl (C=O) groups is 1. The van der Waals surface area contributed by atoms with Gasteiger partial charge in [-0.3, -0.25) is 9.69 Å². The van der Waals surface area contributed by atoms with Gasteiger partial charge in [0.05, 0.1) is 6.04 Å². The van der Waals surface area contributed by atoms with Crippen LogP contribution in [0.2, 0.25) is 0 Å². The Labute approximate surface area is 168 Å². The summed E-state index contributed by atoms with van der Waals surface area (Å²) in [5.41, 5.74) is 7.48. The predicted octanol–water partition coefficient (Wildman–Crippen LogP) is 2.36. The molecule has 148 valence electrons. The molecule has 0 bridgehead atoms. The van der Waals surface area contributed by atoms with Crippen molar-refractivity contribution in [3.05, 3.63) is 35.9 Å². The van der Waals surface area contributed by atoms with Crippen molar-refractivity contribution in [2.75, 3.05) is 26.3 Å². The van der Waals surface area contributed by atoms with Crippen molar-refractivity contribution in [3.63, 3.8) is 0 Å². The smallest absolute Gasteiger partial charge is 0.237 e. The molecule has 2 unspecified atom stereocenters. The summed E-state index contributed by atoms with van der Waals surface area (Å²) < 4.78 is 5.35. The lowest BCUT2D eigenvalue weighted by atomic mass is 9.92. The van der Waals surface area contributed by atoms with Gasteiger partial charge in [0.25, 0.3) is 0 Å². The molecule has 2 heterocycles. The zero-order valence-corrected chi connectivity index (χ0v) is 16.8. The van der Waals surface area contributed by atoms with E-state index in [1.54, 1.807) is 0 Å². The van der Waals surface area contributed by atoms with Gasteiger partial charge < -0.3 is 15.8 Å². The van der Waals surface area contributed by atoms with Crippen molar-refractivity contribution >= 4 is 30.7 Å². The maximum absolute atomic E-state index is 12.4. The van der Waals surface area contributed by atoms with Gasteiger partial charge in [-0.2, -0.15) is 0 Å². The summed E-state index contributed by atoms with van der Waals surface area (Å²) in [6.45, 7) is 4.19. The summed E-state index contributed by atoms with van der Waals surface area (Å²) in [5.74, 6) is 0.246.